The second kappa shape index (κ2) is 3.62. The largest absolute Gasteiger partial charge is 0.234 e. The highest BCUT2D eigenvalue weighted by Gasteiger charge is 2.07. The van der Waals surface area contributed by atoms with Crippen molar-refractivity contribution in [2.24, 2.45) is 0 Å². The molecule has 0 bridgehead atoms. The summed E-state index contributed by atoms with van der Waals surface area (Å²) in [5.74, 6) is 0. The number of hydrogen-bond acceptors (Lipinski definition) is 3. The zero-order valence-electron chi connectivity index (χ0n) is 6.29. The Balaban J connectivity index is 2.53. The van der Waals surface area contributed by atoms with Crippen molar-refractivity contribution >= 4 is 34.5 Å². The summed E-state index contributed by atoms with van der Waals surface area (Å²) in [7, 11) is 0. The van der Waals surface area contributed by atoms with E-state index in [9.17, 15) is 0 Å². The zero-order chi connectivity index (χ0) is 9.26. The monoisotopic (exact) mass is 229 g/mol. The Bertz CT molecular complexity index is 414. The number of halogens is 2. The van der Waals surface area contributed by atoms with Crippen LogP contribution in [0.15, 0.2) is 17.5 Å². The number of nitrogens with zero attached hydrogens (tertiary/aromatic N) is 2. The molecule has 0 atom stereocenters. The van der Waals surface area contributed by atoms with Gasteiger partial charge in [0.15, 0.2) is 0 Å². The van der Waals surface area contributed by atoms with Crippen LogP contribution in [0.25, 0.3) is 10.6 Å². The minimum atomic E-state index is 0.371. The third-order valence-electron chi connectivity index (χ3n) is 1.43. The molecule has 2 heterocycles. The van der Waals surface area contributed by atoms with Crippen molar-refractivity contribution in [1.29, 1.82) is 0 Å². The number of thiazole rings is 1. The molecule has 0 aliphatic heterocycles. The van der Waals surface area contributed by atoms with Gasteiger partial charge in [-0.1, -0.05) is 23.2 Å². The van der Waals surface area contributed by atoms with E-state index in [2.05, 4.69) is 16.2 Å². The molecule has 0 aliphatic rings. The molecule has 1 radical (unpaired) electrons. The summed E-state index contributed by atoms with van der Waals surface area (Å²) in [6, 6.07) is 3.48. The molecule has 0 saturated carbocycles. The molecule has 0 spiro atoms. The molecule has 0 aromatic carbocycles. The van der Waals surface area contributed by atoms with Crippen LogP contribution >= 0.6 is 34.5 Å². The van der Waals surface area contributed by atoms with Gasteiger partial charge < -0.3 is 0 Å². The minimum Gasteiger partial charge on any atom is -0.234 e. The zero-order valence-corrected chi connectivity index (χ0v) is 8.62. The average molecular weight is 230 g/mol. The van der Waals surface area contributed by atoms with Crippen molar-refractivity contribution in [2.75, 3.05) is 0 Å². The molecule has 2 rings (SSSR count). The second-order valence-corrected chi connectivity index (χ2v) is 3.86. The van der Waals surface area contributed by atoms with Crippen molar-refractivity contribution < 1.29 is 0 Å². The van der Waals surface area contributed by atoms with E-state index in [-0.39, 0.29) is 0 Å². The topological polar surface area (TPSA) is 25.8 Å². The fourth-order valence-corrected chi connectivity index (χ4v) is 1.99. The summed E-state index contributed by atoms with van der Waals surface area (Å²) in [6.07, 6.45) is 2.72. The van der Waals surface area contributed by atoms with Crippen LogP contribution < -0.4 is 0 Å². The van der Waals surface area contributed by atoms with Gasteiger partial charge in [0, 0.05) is 10.9 Å². The maximum atomic E-state index is 5.88. The van der Waals surface area contributed by atoms with Gasteiger partial charge in [-0.2, -0.15) is 0 Å². The van der Waals surface area contributed by atoms with Crippen molar-refractivity contribution in [3.05, 3.63) is 34.0 Å². The van der Waals surface area contributed by atoms with Crippen LogP contribution in [0.4, 0.5) is 0 Å². The Morgan fingerprint density at radius 3 is 2.77 bits per heavy atom. The van der Waals surface area contributed by atoms with Crippen LogP contribution in [0.5, 0.6) is 0 Å². The molecule has 0 N–H and O–H groups in total. The molecule has 65 valence electrons. The van der Waals surface area contributed by atoms with E-state index >= 15 is 0 Å². The Morgan fingerprint density at radius 1 is 1.31 bits per heavy atom. The van der Waals surface area contributed by atoms with Crippen LogP contribution in [0, 0.1) is 6.20 Å². The SMILES string of the molecule is Clc1ccc(-c2n[c]cs2)c(Cl)n1. The predicted octanol–water partition coefficient (Wildman–Crippen LogP) is 3.31. The van der Waals surface area contributed by atoms with Gasteiger partial charge in [-0.25, -0.2) is 9.97 Å². The first-order valence-corrected chi connectivity index (χ1v) is 5.05. The van der Waals surface area contributed by atoms with Crippen LogP contribution in [0.2, 0.25) is 10.3 Å². The molecular weight excluding hydrogens is 227 g/mol. The molecule has 0 saturated heterocycles. The lowest BCUT2D eigenvalue weighted by Crippen LogP contribution is -1.82. The van der Waals surface area contributed by atoms with Gasteiger partial charge in [-0.05, 0) is 12.1 Å². The highest BCUT2D eigenvalue weighted by atomic mass is 35.5. The van der Waals surface area contributed by atoms with Gasteiger partial charge in [0.25, 0.3) is 0 Å². The summed E-state index contributed by atoms with van der Waals surface area (Å²) >= 11 is 13.0. The van der Waals surface area contributed by atoms with E-state index in [0.29, 0.717) is 10.3 Å². The molecule has 2 nitrogen and oxygen atoms in total. The smallest absolute Gasteiger partial charge is 0.141 e. The average Bonchev–Trinajstić information content (AvgIpc) is 2.56. The Kier molecular flexibility index (Phi) is 2.49. The van der Waals surface area contributed by atoms with E-state index in [0.717, 1.165) is 10.6 Å². The Morgan fingerprint density at radius 2 is 2.15 bits per heavy atom. The van der Waals surface area contributed by atoms with E-state index < -0.39 is 0 Å². The predicted molar refractivity (Wildman–Crippen MR) is 54.2 cm³/mol. The highest BCUT2D eigenvalue weighted by molar-refractivity contribution is 7.13. The molecule has 0 fully saturated rings. The lowest BCUT2D eigenvalue weighted by atomic mass is 10.3. The molecule has 0 unspecified atom stereocenters. The number of rotatable bonds is 1. The standard InChI is InChI=1S/C8H3Cl2N2S/c9-6-2-1-5(7(10)12-6)8-11-3-4-13-8/h1-2,4H. The fourth-order valence-electron chi connectivity index (χ4n) is 0.889. The number of hydrogen-bond donors (Lipinski definition) is 0. The van der Waals surface area contributed by atoms with Crippen molar-refractivity contribution in [2.45, 2.75) is 0 Å². The summed E-state index contributed by atoms with van der Waals surface area (Å²) in [5.41, 5.74) is 0.789. The molecule has 0 amide bonds. The quantitative estimate of drug-likeness (QED) is 0.702. The molecule has 13 heavy (non-hydrogen) atoms. The third-order valence-corrected chi connectivity index (χ3v) is 2.69. The number of pyridine rings is 1. The summed E-state index contributed by atoms with van der Waals surface area (Å²) in [5, 5.41) is 3.32. The fraction of sp³-hybridized carbons (Fsp3) is 0. The van der Waals surface area contributed by atoms with Crippen molar-refractivity contribution in [3.8, 4) is 10.6 Å². The maximum absolute atomic E-state index is 5.88. The first-order chi connectivity index (χ1) is 6.27. The lowest BCUT2D eigenvalue weighted by Gasteiger charge is -1.98. The molecule has 5 heteroatoms. The van der Waals surface area contributed by atoms with Crippen LogP contribution in [0.1, 0.15) is 0 Å². The van der Waals surface area contributed by atoms with Gasteiger partial charge in [-0.3, -0.25) is 0 Å². The normalized spacial score (nSPS) is 10.3. The molecule has 0 aliphatic carbocycles. The highest BCUT2D eigenvalue weighted by Crippen LogP contribution is 2.28. The second-order valence-electron chi connectivity index (χ2n) is 2.25. The van der Waals surface area contributed by atoms with Crippen LogP contribution in [0.3, 0.4) is 0 Å². The van der Waals surface area contributed by atoms with E-state index in [1.165, 1.54) is 11.3 Å². The molecule has 2 aromatic rings. The summed E-state index contributed by atoms with van der Waals surface area (Å²) in [4.78, 5) is 7.92. The van der Waals surface area contributed by atoms with Crippen LogP contribution in [-0.2, 0) is 0 Å². The van der Waals surface area contributed by atoms with Crippen LogP contribution in [-0.4, -0.2) is 9.97 Å². The molecular formula is C8H3Cl2N2S. The van der Waals surface area contributed by atoms with Crippen molar-refractivity contribution in [3.63, 3.8) is 0 Å². The van der Waals surface area contributed by atoms with Gasteiger partial charge in [0.1, 0.15) is 21.5 Å². The van der Waals surface area contributed by atoms with Gasteiger partial charge in [-0.15, -0.1) is 11.3 Å². The van der Waals surface area contributed by atoms with Crippen molar-refractivity contribution in [1.82, 2.24) is 9.97 Å². The first kappa shape index (κ1) is 8.94. The minimum absolute atomic E-state index is 0.371. The molecule has 2 aromatic heterocycles. The van der Waals surface area contributed by atoms with Gasteiger partial charge in [0.2, 0.25) is 0 Å². The van der Waals surface area contributed by atoms with E-state index in [4.69, 9.17) is 23.2 Å². The summed E-state index contributed by atoms with van der Waals surface area (Å²) in [6.45, 7) is 0. The first-order valence-electron chi connectivity index (χ1n) is 3.41. The van der Waals surface area contributed by atoms with Gasteiger partial charge >= 0.3 is 0 Å². The van der Waals surface area contributed by atoms with E-state index in [1.807, 2.05) is 0 Å². The van der Waals surface area contributed by atoms with E-state index in [1.54, 1.807) is 17.5 Å². The Labute approximate surface area is 89.2 Å². The third kappa shape index (κ3) is 1.82. The maximum Gasteiger partial charge on any atom is 0.141 e. The number of aromatic nitrogens is 2. The Hall–Kier alpha value is -0.640. The van der Waals surface area contributed by atoms with Gasteiger partial charge in [0.05, 0.1) is 0 Å². The lowest BCUT2D eigenvalue weighted by molar-refractivity contribution is 1.31. The summed E-state index contributed by atoms with van der Waals surface area (Å²) < 4.78 is 0.